The maximum absolute atomic E-state index is 11.5. The summed E-state index contributed by atoms with van der Waals surface area (Å²) in [6.07, 6.45) is 1.95. The van der Waals surface area contributed by atoms with Gasteiger partial charge in [-0.05, 0) is 24.5 Å². The first-order chi connectivity index (χ1) is 7.50. The number of nitrogens with one attached hydrogen (secondary N) is 1. The lowest BCUT2D eigenvalue weighted by molar-refractivity contribution is -0.120. The van der Waals surface area contributed by atoms with Crippen molar-refractivity contribution in [2.24, 2.45) is 11.7 Å². The first-order valence-electron chi connectivity index (χ1n) is 5.02. The second kappa shape index (κ2) is 5.81. The van der Waals surface area contributed by atoms with Gasteiger partial charge in [-0.1, -0.05) is 13.8 Å². The number of carbonyl (C=O) groups is 1. The van der Waals surface area contributed by atoms with E-state index in [-0.39, 0.29) is 5.09 Å². The molecule has 0 aliphatic heterocycles. The number of furan rings is 1. The molecule has 5 nitrogen and oxygen atoms in total. The molecule has 2 atom stereocenters. The first-order valence-corrected chi connectivity index (χ1v) is 6.17. The first kappa shape index (κ1) is 12.9. The van der Waals surface area contributed by atoms with E-state index >= 15 is 0 Å². The summed E-state index contributed by atoms with van der Waals surface area (Å²) in [5.74, 6) is -0.110. The summed E-state index contributed by atoms with van der Waals surface area (Å²) in [6.45, 7) is 3.94. The molecule has 90 valence electrons. The van der Waals surface area contributed by atoms with Gasteiger partial charge in [-0.15, -0.1) is 0 Å². The Morgan fingerprint density at radius 1 is 1.62 bits per heavy atom. The van der Waals surface area contributed by atoms with Gasteiger partial charge < -0.3 is 10.2 Å². The molecule has 2 unspecified atom stereocenters. The quantitative estimate of drug-likeness (QED) is 0.802. The van der Waals surface area contributed by atoms with E-state index in [1.54, 1.807) is 6.07 Å². The van der Waals surface area contributed by atoms with E-state index in [9.17, 15) is 9.00 Å². The van der Waals surface area contributed by atoms with E-state index in [0.717, 1.165) is 0 Å². The molecule has 1 heterocycles. The predicted octanol–water partition coefficient (Wildman–Crippen LogP) is 0.792. The van der Waals surface area contributed by atoms with E-state index in [1.165, 1.54) is 12.3 Å². The highest BCUT2D eigenvalue weighted by Crippen LogP contribution is 2.06. The van der Waals surface area contributed by atoms with Gasteiger partial charge in [-0.25, -0.2) is 4.21 Å². The molecule has 16 heavy (non-hydrogen) atoms. The average Bonchev–Trinajstić information content (AvgIpc) is 2.68. The molecule has 6 heteroatoms. The zero-order valence-electron chi connectivity index (χ0n) is 9.30. The maximum atomic E-state index is 11.5. The molecular formula is C10H16N2O3S. The summed E-state index contributed by atoms with van der Waals surface area (Å²) >= 11 is 0. The largest absolute Gasteiger partial charge is 0.454 e. The zero-order valence-corrected chi connectivity index (χ0v) is 10.1. The minimum absolute atomic E-state index is 0.213. The van der Waals surface area contributed by atoms with Gasteiger partial charge in [0.25, 0.3) is 0 Å². The number of amides is 1. The van der Waals surface area contributed by atoms with E-state index in [0.29, 0.717) is 12.3 Å². The molecule has 0 aliphatic carbocycles. The topological polar surface area (TPSA) is 85.3 Å². The van der Waals surface area contributed by atoms with Gasteiger partial charge in [0.1, 0.15) is 0 Å². The molecular weight excluding hydrogens is 228 g/mol. The van der Waals surface area contributed by atoms with Crippen LogP contribution in [-0.2, 0) is 15.8 Å². The number of hydrogen-bond acceptors (Lipinski definition) is 4. The van der Waals surface area contributed by atoms with Crippen molar-refractivity contribution in [1.82, 2.24) is 4.72 Å². The molecule has 1 rings (SSSR count). The van der Waals surface area contributed by atoms with E-state index in [2.05, 4.69) is 4.72 Å². The molecule has 0 aliphatic rings. The molecule has 1 aromatic heterocycles. The fourth-order valence-corrected chi connectivity index (χ4v) is 1.98. The fourth-order valence-electron chi connectivity index (χ4n) is 1.20. The second-order valence-electron chi connectivity index (χ2n) is 3.90. The van der Waals surface area contributed by atoms with Gasteiger partial charge in [0.15, 0.2) is 11.0 Å². The van der Waals surface area contributed by atoms with Crippen LogP contribution < -0.4 is 10.5 Å². The zero-order chi connectivity index (χ0) is 12.1. The highest BCUT2D eigenvalue weighted by atomic mass is 32.2. The monoisotopic (exact) mass is 244 g/mol. The summed E-state index contributed by atoms with van der Waals surface area (Å²) in [4.78, 5) is 11.5. The van der Waals surface area contributed by atoms with Crippen LogP contribution in [0.3, 0.4) is 0 Å². The van der Waals surface area contributed by atoms with Crippen LogP contribution in [0.2, 0.25) is 0 Å². The Hall–Kier alpha value is -1.14. The van der Waals surface area contributed by atoms with Gasteiger partial charge in [-0.3, -0.25) is 9.52 Å². The van der Waals surface area contributed by atoms with Crippen molar-refractivity contribution in [2.45, 2.75) is 31.4 Å². The van der Waals surface area contributed by atoms with Gasteiger partial charge >= 0.3 is 0 Å². The summed E-state index contributed by atoms with van der Waals surface area (Å²) in [7, 11) is -1.66. The van der Waals surface area contributed by atoms with Crippen LogP contribution >= 0.6 is 0 Å². The van der Waals surface area contributed by atoms with E-state index < -0.39 is 22.9 Å². The minimum Gasteiger partial charge on any atom is -0.454 e. The molecule has 0 fully saturated rings. The van der Waals surface area contributed by atoms with Gasteiger partial charge in [0.2, 0.25) is 11.0 Å². The lowest BCUT2D eigenvalue weighted by atomic mass is 10.0. The smallest absolute Gasteiger partial charge is 0.248 e. The third-order valence-corrected chi connectivity index (χ3v) is 2.92. The predicted molar refractivity (Wildman–Crippen MR) is 60.7 cm³/mol. The fraction of sp³-hybridized carbons (Fsp3) is 0.500. The summed E-state index contributed by atoms with van der Waals surface area (Å²) in [5.41, 5.74) is 5.64. The van der Waals surface area contributed by atoms with Crippen molar-refractivity contribution in [3.05, 3.63) is 18.4 Å². The van der Waals surface area contributed by atoms with Crippen LogP contribution in [0.5, 0.6) is 0 Å². The van der Waals surface area contributed by atoms with Crippen molar-refractivity contribution in [3.63, 3.8) is 0 Å². The van der Waals surface area contributed by atoms with Crippen LogP contribution in [0.4, 0.5) is 0 Å². The molecule has 0 saturated heterocycles. The van der Waals surface area contributed by atoms with Gasteiger partial charge in [0, 0.05) is 0 Å². The molecule has 0 spiro atoms. The van der Waals surface area contributed by atoms with Crippen molar-refractivity contribution in [1.29, 1.82) is 0 Å². The Labute approximate surface area is 97.0 Å². The standard InChI is InChI=1S/C10H16N2O3S/c1-7(2)6-8(11)10(13)12-16(14)9-4-3-5-15-9/h3-5,7-8H,6,11H2,1-2H3,(H,12,13). The second-order valence-corrected chi connectivity index (χ2v) is 5.05. The van der Waals surface area contributed by atoms with Crippen molar-refractivity contribution >= 4 is 16.9 Å². The number of rotatable bonds is 5. The lowest BCUT2D eigenvalue weighted by Crippen LogP contribution is -2.41. The molecule has 1 amide bonds. The van der Waals surface area contributed by atoms with E-state index in [1.807, 2.05) is 13.8 Å². The van der Waals surface area contributed by atoms with Crippen LogP contribution in [0.25, 0.3) is 0 Å². The van der Waals surface area contributed by atoms with Crippen LogP contribution in [0.1, 0.15) is 20.3 Å². The van der Waals surface area contributed by atoms with Crippen molar-refractivity contribution < 1.29 is 13.4 Å². The third-order valence-electron chi connectivity index (χ3n) is 1.93. The maximum Gasteiger partial charge on any atom is 0.248 e. The Morgan fingerprint density at radius 2 is 2.31 bits per heavy atom. The molecule has 0 radical (unpaired) electrons. The highest BCUT2D eigenvalue weighted by Gasteiger charge is 2.18. The normalized spacial score (nSPS) is 14.8. The Morgan fingerprint density at radius 3 is 2.81 bits per heavy atom. The summed E-state index contributed by atoms with van der Waals surface area (Å²) in [6, 6.07) is 2.50. The lowest BCUT2D eigenvalue weighted by Gasteiger charge is -2.12. The van der Waals surface area contributed by atoms with Crippen LogP contribution in [0, 0.1) is 5.92 Å². The molecule has 0 aromatic carbocycles. The number of carbonyl (C=O) groups excluding carboxylic acids is 1. The van der Waals surface area contributed by atoms with E-state index in [4.69, 9.17) is 10.2 Å². The summed E-state index contributed by atoms with van der Waals surface area (Å²) in [5, 5.41) is 0.213. The van der Waals surface area contributed by atoms with Crippen LogP contribution in [0.15, 0.2) is 27.9 Å². The molecule has 1 aromatic rings. The van der Waals surface area contributed by atoms with Crippen molar-refractivity contribution in [3.8, 4) is 0 Å². The Kier molecular flexibility index (Phi) is 4.70. The van der Waals surface area contributed by atoms with Gasteiger partial charge in [-0.2, -0.15) is 0 Å². The number of nitrogens with two attached hydrogens (primary N) is 1. The molecule has 0 saturated carbocycles. The SMILES string of the molecule is CC(C)CC(N)C(=O)NS(=O)c1ccco1. The van der Waals surface area contributed by atoms with Crippen molar-refractivity contribution in [2.75, 3.05) is 0 Å². The Balaban J connectivity index is 2.48. The third kappa shape index (κ3) is 3.79. The number of hydrogen-bond donors (Lipinski definition) is 2. The Bertz CT molecular complexity index is 362. The average molecular weight is 244 g/mol. The summed E-state index contributed by atoms with van der Waals surface area (Å²) < 4.78 is 18.7. The van der Waals surface area contributed by atoms with Crippen LogP contribution in [-0.4, -0.2) is 16.2 Å². The molecule has 3 N–H and O–H groups in total. The minimum atomic E-state index is -1.66. The molecule has 0 bridgehead atoms. The van der Waals surface area contributed by atoms with Gasteiger partial charge in [0.05, 0.1) is 12.3 Å². The highest BCUT2D eigenvalue weighted by molar-refractivity contribution is 7.83.